The van der Waals surface area contributed by atoms with E-state index in [1.807, 2.05) is 4.90 Å². The first-order valence-electron chi connectivity index (χ1n) is 6.58. The molecule has 2 atom stereocenters. The first-order chi connectivity index (χ1) is 8.20. The summed E-state index contributed by atoms with van der Waals surface area (Å²) in [5, 5.41) is 8.86. The van der Waals surface area contributed by atoms with Gasteiger partial charge in [-0.05, 0) is 19.3 Å². The molecule has 1 saturated heterocycles. The van der Waals surface area contributed by atoms with E-state index in [-0.39, 0.29) is 18.6 Å². The highest BCUT2D eigenvalue weighted by Gasteiger charge is 2.32. The summed E-state index contributed by atoms with van der Waals surface area (Å²) in [6.07, 6.45) is 2.80. The quantitative estimate of drug-likeness (QED) is 0.682. The van der Waals surface area contributed by atoms with Gasteiger partial charge in [0.2, 0.25) is 5.91 Å². The third-order valence-electron chi connectivity index (χ3n) is 3.92. The largest absolute Gasteiger partial charge is 0.395 e. The minimum absolute atomic E-state index is 0.161. The highest BCUT2D eigenvalue weighted by Crippen LogP contribution is 2.26. The number of rotatable bonds is 3. The second-order valence-electron chi connectivity index (χ2n) is 5.16. The van der Waals surface area contributed by atoms with Gasteiger partial charge >= 0.3 is 0 Å². The second kappa shape index (κ2) is 5.80. The average molecular weight is 241 g/mol. The zero-order chi connectivity index (χ0) is 12.3. The van der Waals surface area contributed by atoms with E-state index in [9.17, 15) is 4.79 Å². The number of hydrogen-bond acceptors (Lipinski definition) is 4. The van der Waals surface area contributed by atoms with Crippen molar-refractivity contribution in [2.75, 3.05) is 39.3 Å². The van der Waals surface area contributed by atoms with Gasteiger partial charge in [0.15, 0.2) is 0 Å². The first-order valence-corrected chi connectivity index (χ1v) is 6.58. The highest BCUT2D eigenvalue weighted by atomic mass is 16.3. The lowest BCUT2D eigenvalue weighted by Gasteiger charge is -2.35. The molecule has 0 aromatic carbocycles. The first kappa shape index (κ1) is 12.8. The molecule has 1 heterocycles. The lowest BCUT2D eigenvalue weighted by Crippen LogP contribution is -2.50. The van der Waals surface area contributed by atoms with E-state index in [4.69, 9.17) is 10.8 Å². The number of amides is 1. The predicted molar refractivity (Wildman–Crippen MR) is 65.4 cm³/mol. The van der Waals surface area contributed by atoms with Gasteiger partial charge in [0, 0.05) is 44.7 Å². The zero-order valence-electron chi connectivity index (χ0n) is 10.3. The van der Waals surface area contributed by atoms with Crippen LogP contribution in [0.1, 0.15) is 19.3 Å². The van der Waals surface area contributed by atoms with E-state index in [1.54, 1.807) is 0 Å². The van der Waals surface area contributed by atoms with Crippen molar-refractivity contribution in [1.82, 2.24) is 9.80 Å². The van der Waals surface area contributed by atoms with E-state index in [2.05, 4.69) is 4.90 Å². The van der Waals surface area contributed by atoms with Gasteiger partial charge < -0.3 is 15.7 Å². The van der Waals surface area contributed by atoms with E-state index >= 15 is 0 Å². The minimum Gasteiger partial charge on any atom is -0.395 e. The maximum atomic E-state index is 12.2. The van der Waals surface area contributed by atoms with Crippen molar-refractivity contribution in [2.24, 2.45) is 11.7 Å². The van der Waals surface area contributed by atoms with Crippen molar-refractivity contribution in [2.45, 2.75) is 25.3 Å². The third-order valence-corrected chi connectivity index (χ3v) is 3.92. The second-order valence-corrected chi connectivity index (χ2v) is 5.16. The fourth-order valence-electron chi connectivity index (χ4n) is 2.83. The number of nitrogens with two attached hydrogens (primary N) is 1. The van der Waals surface area contributed by atoms with Gasteiger partial charge in [-0.25, -0.2) is 0 Å². The summed E-state index contributed by atoms with van der Waals surface area (Å²) in [6.45, 7) is 4.27. The van der Waals surface area contributed by atoms with Crippen LogP contribution in [0.5, 0.6) is 0 Å². The number of aliphatic hydroxyl groups excluding tert-OH is 1. The maximum absolute atomic E-state index is 12.2. The number of aliphatic hydroxyl groups is 1. The molecule has 98 valence electrons. The van der Waals surface area contributed by atoms with Crippen LogP contribution in [-0.4, -0.2) is 66.2 Å². The van der Waals surface area contributed by atoms with Gasteiger partial charge in [-0.2, -0.15) is 0 Å². The summed E-state index contributed by atoms with van der Waals surface area (Å²) >= 11 is 0. The molecule has 5 heteroatoms. The molecule has 2 unspecified atom stereocenters. The standard InChI is InChI=1S/C12H23N3O2/c13-11-2-1-10(9-11)12(17)15-5-3-14(4-6-15)7-8-16/h10-11,16H,1-9,13H2. The van der Waals surface area contributed by atoms with E-state index in [0.29, 0.717) is 5.91 Å². The van der Waals surface area contributed by atoms with Crippen molar-refractivity contribution < 1.29 is 9.90 Å². The molecular weight excluding hydrogens is 218 g/mol. The number of carbonyl (C=O) groups is 1. The van der Waals surface area contributed by atoms with Gasteiger partial charge in [-0.3, -0.25) is 9.69 Å². The molecule has 17 heavy (non-hydrogen) atoms. The van der Waals surface area contributed by atoms with Crippen LogP contribution in [-0.2, 0) is 4.79 Å². The highest BCUT2D eigenvalue weighted by molar-refractivity contribution is 5.79. The Morgan fingerprint density at radius 3 is 2.47 bits per heavy atom. The van der Waals surface area contributed by atoms with Crippen molar-refractivity contribution in [3.63, 3.8) is 0 Å². The van der Waals surface area contributed by atoms with Crippen LogP contribution < -0.4 is 5.73 Å². The summed E-state index contributed by atoms with van der Waals surface area (Å²) in [5.41, 5.74) is 5.85. The number of carbonyl (C=O) groups excluding carboxylic acids is 1. The van der Waals surface area contributed by atoms with Crippen LogP contribution in [0.15, 0.2) is 0 Å². The number of β-amino-alcohol motifs (C(OH)–C–C–N with tert-alkyl or cyclic N) is 1. The predicted octanol–water partition coefficient (Wildman–Crippen LogP) is -0.750. The SMILES string of the molecule is NC1CCC(C(=O)N2CCN(CCO)CC2)C1. The molecule has 1 saturated carbocycles. The number of hydrogen-bond donors (Lipinski definition) is 2. The molecule has 1 aliphatic heterocycles. The summed E-state index contributed by atoms with van der Waals surface area (Å²) < 4.78 is 0. The molecule has 0 bridgehead atoms. The maximum Gasteiger partial charge on any atom is 0.225 e. The lowest BCUT2D eigenvalue weighted by atomic mass is 10.1. The molecule has 0 spiro atoms. The fourth-order valence-corrected chi connectivity index (χ4v) is 2.83. The lowest BCUT2D eigenvalue weighted by molar-refractivity contribution is -0.137. The summed E-state index contributed by atoms with van der Waals surface area (Å²) in [6, 6.07) is 0.222. The molecule has 3 N–H and O–H groups in total. The topological polar surface area (TPSA) is 69.8 Å². The van der Waals surface area contributed by atoms with E-state index < -0.39 is 0 Å². The van der Waals surface area contributed by atoms with Crippen molar-refractivity contribution >= 4 is 5.91 Å². The molecule has 5 nitrogen and oxygen atoms in total. The Morgan fingerprint density at radius 2 is 1.94 bits per heavy atom. The Kier molecular flexibility index (Phi) is 4.36. The zero-order valence-corrected chi connectivity index (χ0v) is 10.3. The molecule has 2 aliphatic rings. The van der Waals surface area contributed by atoms with Gasteiger partial charge in [0.05, 0.1) is 6.61 Å². The van der Waals surface area contributed by atoms with Gasteiger partial charge in [-0.15, -0.1) is 0 Å². The average Bonchev–Trinajstić information content (AvgIpc) is 2.76. The summed E-state index contributed by atoms with van der Waals surface area (Å²) in [7, 11) is 0. The molecule has 1 aliphatic carbocycles. The van der Waals surface area contributed by atoms with Crippen molar-refractivity contribution in [1.29, 1.82) is 0 Å². The fraction of sp³-hybridized carbons (Fsp3) is 0.917. The number of piperazine rings is 1. The summed E-state index contributed by atoms with van der Waals surface area (Å²) in [5.74, 6) is 0.455. The molecule has 2 fully saturated rings. The molecule has 1 amide bonds. The molecule has 0 aromatic heterocycles. The van der Waals surface area contributed by atoms with Crippen LogP contribution in [0.25, 0.3) is 0 Å². The Balaban J connectivity index is 1.78. The van der Waals surface area contributed by atoms with Gasteiger partial charge in [0.25, 0.3) is 0 Å². The molecular formula is C12H23N3O2. The van der Waals surface area contributed by atoms with Crippen molar-refractivity contribution in [3.8, 4) is 0 Å². The molecule has 2 rings (SSSR count). The third kappa shape index (κ3) is 3.18. The van der Waals surface area contributed by atoms with Crippen LogP contribution in [0.2, 0.25) is 0 Å². The molecule has 0 aromatic rings. The van der Waals surface area contributed by atoms with Gasteiger partial charge in [0.1, 0.15) is 0 Å². The monoisotopic (exact) mass is 241 g/mol. The normalized spacial score (nSPS) is 30.8. The molecule has 0 radical (unpaired) electrons. The van der Waals surface area contributed by atoms with Crippen LogP contribution >= 0.6 is 0 Å². The van der Waals surface area contributed by atoms with Gasteiger partial charge in [-0.1, -0.05) is 0 Å². The number of nitrogens with zero attached hydrogens (tertiary/aromatic N) is 2. The van der Waals surface area contributed by atoms with E-state index in [0.717, 1.165) is 52.0 Å². The van der Waals surface area contributed by atoms with Crippen LogP contribution in [0.3, 0.4) is 0 Å². The Labute approximate surface area is 103 Å². The minimum atomic E-state index is 0.161. The van der Waals surface area contributed by atoms with Crippen molar-refractivity contribution in [3.05, 3.63) is 0 Å². The Bertz CT molecular complexity index is 264. The van der Waals surface area contributed by atoms with E-state index in [1.165, 1.54) is 0 Å². The van der Waals surface area contributed by atoms with Crippen LogP contribution in [0, 0.1) is 5.92 Å². The summed E-state index contributed by atoms with van der Waals surface area (Å²) in [4.78, 5) is 16.4. The smallest absolute Gasteiger partial charge is 0.225 e. The van der Waals surface area contributed by atoms with Crippen LogP contribution in [0.4, 0.5) is 0 Å². The Hall–Kier alpha value is -0.650. The Morgan fingerprint density at radius 1 is 1.24 bits per heavy atom.